The van der Waals surface area contributed by atoms with Gasteiger partial charge in [0.15, 0.2) is 0 Å². The number of ether oxygens (including phenoxy) is 1. The van der Waals surface area contributed by atoms with Gasteiger partial charge in [-0.05, 0) is 20.0 Å². The Morgan fingerprint density at radius 3 is 2.73 bits per heavy atom. The molecule has 0 aliphatic carbocycles. The van der Waals surface area contributed by atoms with E-state index in [2.05, 4.69) is 5.32 Å². The first-order valence-electron chi connectivity index (χ1n) is 5.28. The van der Waals surface area contributed by atoms with Crippen molar-refractivity contribution in [2.45, 2.75) is 12.8 Å². The third-order valence-corrected chi connectivity index (χ3v) is 2.11. The summed E-state index contributed by atoms with van der Waals surface area (Å²) in [5.41, 5.74) is 0. The van der Waals surface area contributed by atoms with Gasteiger partial charge in [-0.3, -0.25) is 4.79 Å². The average Bonchev–Trinajstić information content (AvgIpc) is 2.24. The van der Waals surface area contributed by atoms with E-state index in [1.54, 1.807) is 12.0 Å². The number of carbonyl (C=O) groups excluding carboxylic acids is 1. The smallest absolute Gasteiger partial charge is 0.222 e. The Morgan fingerprint density at radius 2 is 2.20 bits per heavy atom. The Kier molecular flexibility index (Phi) is 9.46. The first-order valence-corrected chi connectivity index (χ1v) is 5.28. The molecule has 0 saturated carbocycles. The number of aliphatic hydroxyl groups excluding tert-OH is 1. The van der Waals surface area contributed by atoms with E-state index < -0.39 is 0 Å². The van der Waals surface area contributed by atoms with Gasteiger partial charge in [0.25, 0.3) is 0 Å². The second-order valence-electron chi connectivity index (χ2n) is 3.30. The second kappa shape index (κ2) is 9.89. The zero-order valence-electron chi connectivity index (χ0n) is 9.66. The second-order valence-corrected chi connectivity index (χ2v) is 3.30. The van der Waals surface area contributed by atoms with Crippen molar-refractivity contribution in [3.63, 3.8) is 0 Å². The van der Waals surface area contributed by atoms with Crippen LogP contribution >= 0.6 is 0 Å². The highest BCUT2D eigenvalue weighted by molar-refractivity contribution is 5.76. The molecule has 5 heteroatoms. The van der Waals surface area contributed by atoms with Crippen LogP contribution in [-0.2, 0) is 9.53 Å². The molecule has 5 nitrogen and oxygen atoms in total. The summed E-state index contributed by atoms with van der Waals surface area (Å²) in [5.74, 6) is 0.0800. The van der Waals surface area contributed by atoms with Crippen molar-refractivity contribution in [3.8, 4) is 0 Å². The van der Waals surface area contributed by atoms with Crippen molar-refractivity contribution >= 4 is 5.91 Å². The van der Waals surface area contributed by atoms with E-state index in [4.69, 9.17) is 9.84 Å². The maximum absolute atomic E-state index is 11.6. The lowest BCUT2D eigenvalue weighted by atomic mass is 10.2. The summed E-state index contributed by atoms with van der Waals surface area (Å²) < 4.78 is 4.91. The molecule has 0 heterocycles. The number of nitrogens with one attached hydrogen (secondary N) is 1. The molecule has 2 N–H and O–H groups in total. The lowest BCUT2D eigenvalue weighted by Gasteiger charge is -2.21. The standard InChI is InChI=1S/C10H22N2O3/c1-11-5-3-4-10(14)12(6-8-13)7-9-15-2/h11,13H,3-9H2,1-2H3. The molecule has 0 saturated heterocycles. The van der Waals surface area contributed by atoms with Crippen molar-refractivity contribution < 1.29 is 14.6 Å². The Balaban J connectivity index is 3.81. The molecule has 15 heavy (non-hydrogen) atoms. The molecule has 0 radical (unpaired) electrons. The van der Waals surface area contributed by atoms with Gasteiger partial charge in [-0.15, -0.1) is 0 Å². The van der Waals surface area contributed by atoms with Gasteiger partial charge in [-0.1, -0.05) is 0 Å². The molecule has 0 bridgehead atoms. The van der Waals surface area contributed by atoms with Crippen LogP contribution in [0.5, 0.6) is 0 Å². The van der Waals surface area contributed by atoms with Crippen molar-refractivity contribution in [1.82, 2.24) is 10.2 Å². The molecule has 0 atom stereocenters. The minimum atomic E-state index is 0.00147. The van der Waals surface area contributed by atoms with Crippen LogP contribution < -0.4 is 5.32 Å². The summed E-state index contributed by atoms with van der Waals surface area (Å²) in [4.78, 5) is 13.3. The van der Waals surface area contributed by atoms with E-state index in [1.807, 2.05) is 7.05 Å². The zero-order valence-corrected chi connectivity index (χ0v) is 9.66. The number of carbonyl (C=O) groups is 1. The van der Waals surface area contributed by atoms with E-state index in [1.165, 1.54) is 0 Å². The van der Waals surface area contributed by atoms with E-state index in [-0.39, 0.29) is 12.5 Å². The van der Waals surface area contributed by atoms with E-state index in [0.29, 0.717) is 26.1 Å². The summed E-state index contributed by atoms with van der Waals surface area (Å²) >= 11 is 0. The van der Waals surface area contributed by atoms with Gasteiger partial charge in [-0.25, -0.2) is 0 Å². The number of methoxy groups -OCH3 is 1. The highest BCUT2D eigenvalue weighted by Crippen LogP contribution is 1.97. The number of hydrogen-bond acceptors (Lipinski definition) is 4. The predicted octanol–water partition coefficient (Wildman–Crippen LogP) is -0.547. The summed E-state index contributed by atoms with van der Waals surface area (Å²) in [5, 5.41) is 11.8. The largest absolute Gasteiger partial charge is 0.395 e. The van der Waals surface area contributed by atoms with Gasteiger partial charge in [-0.2, -0.15) is 0 Å². The van der Waals surface area contributed by atoms with Crippen molar-refractivity contribution in [2.24, 2.45) is 0 Å². The summed E-state index contributed by atoms with van der Waals surface area (Å²) in [6, 6.07) is 0. The van der Waals surface area contributed by atoms with Crippen molar-refractivity contribution in [3.05, 3.63) is 0 Å². The number of rotatable bonds is 9. The molecular formula is C10H22N2O3. The monoisotopic (exact) mass is 218 g/mol. The molecule has 0 aromatic heterocycles. The molecule has 0 aromatic rings. The average molecular weight is 218 g/mol. The van der Waals surface area contributed by atoms with Crippen LogP contribution in [0.1, 0.15) is 12.8 Å². The molecule has 0 rings (SSSR count). The lowest BCUT2D eigenvalue weighted by molar-refractivity contribution is -0.132. The van der Waals surface area contributed by atoms with Gasteiger partial charge in [0.1, 0.15) is 0 Å². The number of hydrogen-bond donors (Lipinski definition) is 2. The maximum Gasteiger partial charge on any atom is 0.222 e. The minimum Gasteiger partial charge on any atom is -0.395 e. The number of aliphatic hydroxyl groups is 1. The Labute approximate surface area is 91.4 Å². The molecule has 0 spiro atoms. The highest BCUT2D eigenvalue weighted by Gasteiger charge is 2.11. The fourth-order valence-electron chi connectivity index (χ4n) is 1.26. The molecule has 0 aliphatic rings. The Hall–Kier alpha value is -0.650. The van der Waals surface area contributed by atoms with Crippen LogP contribution in [0, 0.1) is 0 Å². The zero-order chi connectivity index (χ0) is 11.5. The molecule has 0 unspecified atom stereocenters. The van der Waals surface area contributed by atoms with Gasteiger partial charge < -0.3 is 20.1 Å². The van der Waals surface area contributed by atoms with E-state index >= 15 is 0 Å². The molecule has 90 valence electrons. The fraction of sp³-hybridized carbons (Fsp3) is 0.900. The number of amides is 1. The van der Waals surface area contributed by atoms with Crippen LogP contribution in [0.2, 0.25) is 0 Å². The van der Waals surface area contributed by atoms with Crippen LogP contribution in [0.25, 0.3) is 0 Å². The maximum atomic E-state index is 11.6. The Morgan fingerprint density at radius 1 is 1.47 bits per heavy atom. The number of nitrogens with zero attached hydrogens (tertiary/aromatic N) is 1. The molecule has 0 aromatic carbocycles. The summed E-state index contributed by atoms with van der Waals surface area (Å²) in [6.07, 6.45) is 1.34. The SMILES string of the molecule is CNCCCC(=O)N(CCO)CCOC. The molecule has 0 fully saturated rings. The highest BCUT2D eigenvalue weighted by atomic mass is 16.5. The van der Waals surface area contributed by atoms with Gasteiger partial charge in [0.2, 0.25) is 5.91 Å². The van der Waals surface area contributed by atoms with Crippen LogP contribution in [0.15, 0.2) is 0 Å². The normalized spacial score (nSPS) is 10.3. The van der Waals surface area contributed by atoms with Gasteiger partial charge >= 0.3 is 0 Å². The molecule has 0 aliphatic heterocycles. The summed E-state index contributed by atoms with van der Waals surface area (Å²) in [7, 11) is 3.46. The first-order chi connectivity index (χ1) is 7.26. The van der Waals surface area contributed by atoms with Gasteiger partial charge in [0.05, 0.1) is 13.2 Å². The van der Waals surface area contributed by atoms with E-state index in [0.717, 1.165) is 13.0 Å². The topological polar surface area (TPSA) is 61.8 Å². The van der Waals surface area contributed by atoms with Crippen LogP contribution in [0.4, 0.5) is 0 Å². The fourth-order valence-corrected chi connectivity index (χ4v) is 1.26. The Bertz CT molecular complexity index is 165. The minimum absolute atomic E-state index is 0.00147. The van der Waals surface area contributed by atoms with Gasteiger partial charge in [0, 0.05) is 26.6 Å². The predicted molar refractivity (Wildman–Crippen MR) is 58.7 cm³/mol. The summed E-state index contributed by atoms with van der Waals surface area (Å²) in [6.45, 7) is 2.29. The van der Waals surface area contributed by atoms with Crippen molar-refractivity contribution in [2.75, 3.05) is 47.0 Å². The molecular weight excluding hydrogens is 196 g/mol. The molecule has 1 amide bonds. The first kappa shape index (κ1) is 14.3. The third kappa shape index (κ3) is 7.30. The van der Waals surface area contributed by atoms with E-state index in [9.17, 15) is 4.79 Å². The van der Waals surface area contributed by atoms with Crippen molar-refractivity contribution in [1.29, 1.82) is 0 Å². The quantitative estimate of drug-likeness (QED) is 0.510. The third-order valence-electron chi connectivity index (χ3n) is 2.11. The van der Waals surface area contributed by atoms with Crippen LogP contribution in [0.3, 0.4) is 0 Å². The van der Waals surface area contributed by atoms with Crippen LogP contribution in [-0.4, -0.2) is 62.9 Å². The lowest BCUT2D eigenvalue weighted by Crippen LogP contribution is -2.36.